The van der Waals surface area contributed by atoms with Crippen LogP contribution in [0.3, 0.4) is 0 Å². The average Bonchev–Trinajstić information content (AvgIpc) is 2.70. The van der Waals surface area contributed by atoms with Crippen LogP contribution in [-0.2, 0) is 19.0 Å². The summed E-state index contributed by atoms with van der Waals surface area (Å²) in [6.45, 7) is 1.51. The van der Waals surface area contributed by atoms with Gasteiger partial charge < -0.3 is 15.6 Å². The van der Waals surface area contributed by atoms with E-state index in [0.29, 0.717) is 29.8 Å². The zero-order chi connectivity index (χ0) is 21.0. The molecule has 2 aromatic carbocycles. The van der Waals surface area contributed by atoms with Crippen LogP contribution < -0.4 is 15.6 Å². The predicted octanol–water partition coefficient (Wildman–Crippen LogP) is 5.77. The highest BCUT2D eigenvalue weighted by Crippen LogP contribution is 2.34. The van der Waals surface area contributed by atoms with Gasteiger partial charge in [-0.05, 0) is 59.9 Å². The van der Waals surface area contributed by atoms with Gasteiger partial charge in [0, 0.05) is 18.3 Å². The molecule has 0 aliphatic heterocycles. The third-order valence-electron chi connectivity index (χ3n) is 4.93. The van der Waals surface area contributed by atoms with E-state index in [9.17, 15) is 13.2 Å². The summed E-state index contributed by atoms with van der Waals surface area (Å²) in [6, 6.07) is 14.8. The van der Waals surface area contributed by atoms with Crippen LogP contribution in [0.4, 0.5) is 13.2 Å². The Labute approximate surface area is 174 Å². The first-order valence-electron chi connectivity index (χ1n) is 9.12. The molecule has 30 heavy (non-hydrogen) atoms. The molecule has 7 heteroatoms. The van der Waals surface area contributed by atoms with Crippen molar-refractivity contribution >= 4 is 0 Å². The molecule has 3 aromatic rings. The summed E-state index contributed by atoms with van der Waals surface area (Å²) in [5, 5.41) is 0. The van der Waals surface area contributed by atoms with Crippen LogP contribution in [0.15, 0.2) is 54.7 Å². The highest BCUT2D eigenvalue weighted by molar-refractivity contribution is 5.43. The SMILES string of the molecule is COc1ccc(Cc2ncc(C(F)(F)F)c(C)c2Cc2ccc(OC)cc2)cc1.N. The standard InChI is InChI=1S/C23H22F3NO2.H3N/c1-15-20(12-16-4-8-18(28-2)9-5-16)22(27-14-21(15)23(24,25)26)13-17-6-10-19(29-3)11-7-17;/h4-11,14H,12-13H2,1-3H3;1H3. The van der Waals surface area contributed by atoms with Crippen LogP contribution in [0.2, 0.25) is 0 Å². The van der Waals surface area contributed by atoms with Crippen molar-refractivity contribution in [2.45, 2.75) is 25.9 Å². The van der Waals surface area contributed by atoms with E-state index >= 15 is 0 Å². The largest absolute Gasteiger partial charge is 0.497 e. The molecule has 0 saturated carbocycles. The molecule has 0 saturated heterocycles. The molecule has 0 unspecified atom stereocenters. The Bertz CT molecular complexity index is 969. The average molecular weight is 418 g/mol. The molecule has 0 radical (unpaired) electrons. The van der Waals surface area contributed by atoms with E-state index in [1.165, 1.54) is 6.92 Å². The Hall–Kier alpha value is -3.06. The van der Waals surface area contributed by atoms with Crippen molar-refractivity contribution in [1.29, 1.82) is 0 Å². The summed E-state index contributed by atoms with van der Waals surface area (Å²) in [7, 11) is 3.16. The highest BCUT2D eigenvalue weighted by Gasteiger charge is 2.34. The number of ether oxygens (including phenoxy) is 2. The van der Waals surface area contributed by atoms with Gasteiger partial charge in [0.15, 0.2) is 0 Å². The minimum atomic E-state index is -4.44. The smallest absolute Gasteiger partial charge is 0.418 e. The van der Waals surface area contributed by atoms with E-state index < -0.39 is 11.7 Å². The number of methoxy groups -OCH3 is 2. The Morgan fingerprint density at radius 2 is 1.27 bits per heavy atom. The minimum absolute atomic E-state index is 0. The Kier molecular flexibility index (Phi) is 7.45. The summed E-state index contributed by atoms with van der Waals surface area (Å²) in [6.07, 6.45) is -2.71. The summed E-state index contributed by atoms with van der Waals surface area (Å²) >= 11 is 0. The molecule has 0 aliphatic carbocycles. The van der Waals surface area contributed by atoms with Crippen molar-refractivity contribution in [3.8, 4) is 11.5 Å². The third kappa shape index (κ3) is 5.30. The fourth-order valence-electron chi connectivity index (χ4n) is 3.25. The van der Waals surface area contributed by atoms with Gasteiger partial charge in [0.2, 0.25) is 0 Å². The summed E-state index contributed by atoms with van der Waals surface area (Å²) in [4.78, 5) is 4.20. The lowest BCUT2D eigenvalue weighted by Crippen LogP contribution is -2.13. The van der Waals surface area contributed by atoms with Gasteiger partial charge in [0.1, 0.15) is 11.5 Å². The summed E-state index contributed by atoms with van der Waals surface area (Å²) < 4.78 is 50.6. The first-order chi connectivity index (χ1) is 13.8. The molecule has 0 atom stereocenters. The van der Waals surface area contributed by atoms with Crippen LogP contribution in [-0.4, -0.2) is 19.2 Å². The number of benzene rings is 2. The monoisotopic (exact) mass is 418 g/mol. The lowest BCUT2D eigenvalue weighted by atomic mass is 9.93. The first-order valence-corrected chi connectivity index (χ1v) is 9.12. The predicted molar refractivity (Wildman–Crippen MR) is 111 cm³/mol. The normalized spacial score (nSPS) is 11.0. The number of alkyl halides is 3. The maximum absolute atomic E-state index is 13.4. The molecule has 1 aromatic heterocycles. The molecule has 0 aliphatic rings. The van der Waals surface area contributed by atoms with Gasteiger partial charge in [-0.25, -0.2) is 0 Å². The van der Waals surface area contributed by atoms with E-state index in [-0.39, 0.29) is 11.7 Å². The molecule has 3 N–H and O–H groups in total. The van der Waals surface area contributed by atoms with Crippen molar-refractivity contribution < 1.29 is 22.6 Å². The summed E-state index contributed by atoms with van der Waals surface area (Å²) in [5.41, 5.74) is 2.60. The van der Waals surface area contributed by atoms with Crippen molar-refractivity contribution in [2.24, 2.45) is 0 Å². The zero-order valence-corrected chi connectivity index (χ0v) is 17.2. The number of hydrogen-bond donors (Lipinski definition) is 1. The fraction of sp³-hybridized carbons (Fsp3) is 0.261. The molecule has 3 rings (SSSR count). The second-order valence-electron chi connectivity index (χ2n) is 6.77. The highest BCUT2D eigenvalue weighted by atomic mass is 19.4. The van der Waals surface area contributed by atoms with Gasteiger partial charge in [-0.3, -0.25) is 4.98 Å². The van der Waals surface area contributed by atoms with Crippen LogP contribution in [0, 0.1) is 6.92 Å². The van der Waals surface area contributed by atoms with Crippen molar-refractivity contribution in [3.63, 3.8) is 0 Å². The Balaban J connectivity index is 0.00000320. The van der Waals surface area contributed by atoms with E-state index in [1.807, 2.05) is 36.4 Å². The molecule has 4 nitrogen and oxygen atoms in total. The molecule has 0 spiro atoms. The number of nitrogens with zero attached hydrogens (tertiary/aromatic N) is 1. The molecule has 0 bridgehead atoms. The van der Waals surface area contributed by atoms with Gasteiger partial charge in [-0.1, -0.05) is 24.3 Å². The van der Waals surface area contributed by atoms with Crippen LogP contribution in [0.1, 0.15) is 33.5 Å². The van der Waals surface area contributed by atoms with Gasteiger partial charge in [0.25, 0.3) is 0 Å². The van der Waals surface area contributed by atoms with Gasteiger partial charge in [0.05, 0.1) is 19.8 Å². The van der Waals surface area contributed by atoms with Crippen molar-refractivity contribution in [1.82, 2.24) is 11.1 Å². The zero-order valence-electron chi connectivity index (χ0n) is 17.2. The molecule has 160 valence electrons. The van der Waals surface area contributed by atoms with E-state index in [0.717, 1.165) is 23.1 Å². The second-order valence-corrected chi connectivity index (χ2v) is 6.77. The number of rotatable bonds is 6. The maximum Gasteiger partial charge on any atom is 0.418 e. The molecular formula is C23H25F3N2O2. The maximum atomic E-state index is 13.4. The third-order valence-corrected chi connectivity index (χ3v) is 4.93. The number of aromatic nitrogens is 1. The van der Waals surface area contributed by atoms with Gasteiger partial charge >= 0.3 is 6.18 Å². The molecule has 1 heterocycles. The Morgan fingerprint density at radius 3 is 1.70 bits per heavy atom. The molecule has 0 fully saturated rings. The quantitative estimate of drug-likeness (QED) is 0.552. The topological polar surface area (TPSA) is 66.3 Å². The lowest BCUT2D eigenvalue weighted by molar-refractivity contribution is -0.138. The van der Waals surface area contributed by atoms with Crippen molar-refractivity contribution in [3.05, 3.63) is 88.2 Å². The van der Waals surface area contributed by atoms with Gasteiger partial charge in [-0.15, -0.1) is 0 Å². The lowest BCUT2D eigenvalue weighted by Gasteiger charge is -2.18. The fourth-order valence-corrected chi connectivity index (χ4v) is 3.25. The van der Waals surface area contributed by atoms with Gasteiger partial charge in [-0.2, -0.15) is 13.2 Å². The number of pyridine rings is 1. The Morgan fingerprint density at radius 1 is 0.800 bits per heavy atom. The second kappa shape index (κ2) is 9.63. The van der Waals surface area contributed by atoms with E-state index in [2.05, 4.69) is 4.98 Å². The molecule has 0 amide bonds. The van der Waals surface area contributed by atoms with E-state index in [1.54, 1.807) is 26.4 Å². The number of halogens is 3. The first kappa shape index (κ1) is 23.2. The van der Waals surface area contributed by atoms with Crippen molar-refractivity contribution in [2.75, 3.05) is 14.2 Å². The minimum Gasteiger partial charge on any atom is -0.497 e. The number of hydrogen-bond acceptors (Lipinski definition) is 4. The van der Waals surface area contributed by atoms with Crippen LogP contribution in [0.5, 0.6) is 11.5 Å². The summed E-state index contributed by atoms with van der Waals surface area (Å²) in [5.74, 6) is 1.43. The van der Waals surface area contributed by atoms with Crippen LogP contribution >= 0.6 is 0 Å². The van der Waals surface area contributed by atoms with E-state index in [4.69, 9.17) is 9.47 Å². The van der Waals surface area contributed by atoms with Crippen LogP contribution in [0.25, 0.3) is 0 Å². The molecular weight excluding hydrogens is 393 g/mol.